The van der Waals surface area contributed by atoms with Gasteiger partial charge in [0.15, 0.2) is 12.0 Å². The first kappa shape index (κ1) is 18.0. The van der Waals surface area contributed by atoms with Crippen molar-refractivity contribution in [3.63, 3.8) is 0 Å². The number of hydrogen-bond donors (Lipinski definition) is 0. The van der Waals surface area contributed by atoms with E-state index in [-0.39, 0.29) is 4.70 Å². The van der Waals surface area contributed by atoms with Crippen LogP contribution < -0.4 is 4.70 Å². The first-order valence-corrected chi connectivity index (χ1v) is 9.73. The molecule has 2 aliphatic rings. The van der Waals surface area contributed by atoms with Crippen LogP contribution in [-0.2, 0) is 0 Å². The van der Waals surface area contributed by atoms with Gasteiger partial charge in [0.05, 0.1) is 23.7 Å². The molecule has 0 N–H and O–H groups in total. The first-order valence-electron chi connectivity index (χ1n) is 8.60. The fourth-order valence-electron chi connectivity index (χ4n) is 3.57. The number of amidine groups is 1. The third kappa shape index (κ3) is 3.06. The number of hydrogen-bond acceptors (Lipinski definition) is 3. The lowest BCUT2D eigenvalue weighted by Crippen LogP contribution is -2.62. The van der Waals surface area contributed by atoms with E-state index in [0.717, 1.165) is 43.0 Å². The Morgan fingerprint density at radius 2 is 1.54 bits per heavy atom. The summed E-state index contributed by atoms with van der Waals surface area (Å²) in [7, 11) is 0. The number of rotatable bonds is 3. The van der Waals surface area contributed by atoms with Gasteiger partial charge < -0.3 is 0 Å². The lowest BCUT2D eigenvalue weighted by molar-refractivity contribution is 0.0364. The van der Waals surface area contributed by atoms with Gasteiger partial charge in [-0.1, -0.05) is 41.2 Å². The molecule has 0 radical (unpaired) electrons. The Hall–Kier alpha value is -1.43. The van der Waals surface area contributed by atoms with Crippen molar-refractivity contribution in [1.29, 1.82) is 0 Å². The molecule has 4 nitrogen and oxygen atoms in total. The Morgan fingerprint density at radius 1 is 0.846 bits per heavy atom. The second kappa shape index (κ2) is 7.29. The highest BCUT2D eigenvalue weighted by atomic mass is 35.5. The van der Waals surface area contributed by atoms with Crippen LogP contribution in [0.15, 0.2) is 52.6 Å². The number of aliphatic imine (C=N–C) groups is 1. The second-order valence-electron chi connectivity index (χ2n) is 6.40. The molecule has 2 heterocycles. The molecule has 0 spiro atoms. The lowest BCUT2D eigenvalue weighted by atomic mass is 10.1. The predicted molar refractivity (Wildman–Crippen MR) is 110 cm³/mol. The van der Waals surface area contributed by atoms with Crippen LogP contribution in [0.5, 0.6) is 0 Å². The monoisotopic (exact) mass is 407 g/mol. The smallest absolute Gasteiger partial charge is 0.174 e. The van der Waals surface area contributed by atoms with Crippen LogP contribution in [0.4, 0.5) is 5.69 Å². The van der Waals surface area contributed by atoms with E-state index in [1.54, 1.807) is 12.4 Å². The van der Waals surface area contributed by atoms with Gasteiger partial charge in [0.25, 0.3) is 5.84 Å². The van der Waals surface area contributed by atoms with Gasteiger partial charge in [-0.2, -0.15) is 4.99 Å². The van der Waals surface area contributed by atoms with Crippen LogP contribution in [0.1, 0.15) is 24.8 Å². The van der Waals surface area contributed by atoms with Crippen molar-refractivity contribution in [3.8, 4) is 0 Å². The van der Waals surface area contributed by atoms with Gasteiger partial charge in [0.2, 0.25) is 0 Å². The average Bonchev–Trinajstić information content (AvgIpc) is 3.09. The predicted octanol–water partition coefficient (Wildman–Crippen LogP) is 5.76. The molecule has 4 rings (SSSR count). The number of benzene rings is 2. The van der Waals surface area contributed by atoms with E-state index in [1.165, 1.54) is 6.42 Å². The van der Waals surface area contributed by atoms with Gasteiger partial charge in [-0.05, 0) is 53.0 Å². The molecule has 134 valence electrons. The standard InChI is InChI=1S/C19H18Cl3N4/c20-14-4-7-16(8-5-14)26(25-10-2-1-3-11-25)19(23-13-24-26)17-9-6-15(21)12-18(17)22/h4-9,12-13H,1-3,10-11H2/q+1. The van der Waals surface area contributed by atoms with E-state index >= 15 is 0 Å². The van der Waals surface area contributed by atoms with E-state index in [9.17, 15) is 0 Å². The van der Waals surface area contributed by atoms with E-state index in [1.807, 2.05) is 36.4 Å². The highest BCUT2D eigenvalue weighted by Gasteiger charge is 2.49. The summed E-state index contributed by atoms with van der Waals surface area (Å²) < 4.78 is 0.179. The van der Waals surface area contributed by atoms with Crippen molar-refractivity contribution in [3.05, 3.63) is 63.1 Å². The maximum Gasteiger partial charge on any atom is 0.290 e. The number of nitrogens with zero attached hydrogens (tertiary/aromatic N) is 4. The Balaban J connectivity index is 1.88. The summed E-state index contributed by atoms with van der Waals surface area (Å²) in [4.78, 5) is 4.62. The summed E-state index contributed by atoms with van der Waals surface area (Å²) in [5, 5.41) is 9.00. The Bertz CT molecular complexity index is 873. The van der Waals surface area contributed by atoms with Gasteiger partial charge in [-0.15, -0.1) is 5.01 Å². The van der Waals surface area contributed by atoms with Crippen LogP contribution in [0.2, 0.25) is 15.1 Å². The van der Waals surface area contributed by atoms with Crippen molar-refractivity contribution in [2.75, 3.05) is 13.1 Å². The molecule has 1 unspecified atom stereocenters. The minimum Gasteiger partial charge on any atom is -0.174 e. The number of halogens is 3. The zero-order valence-corrected chi connectivity index (χ0v) is 16.3. The van der Waals surface area contributed by atoms with Crippen LogP contribution >= 0.6 is 34.8 Å². The van der Waals surface area contributed by atoms with Crippen LogP contribution in [0, 0.1) is 0 Å². The Labute approximate surface area is 167 Å². The summed E-state index contributed by atoms with van der Waals surface area (Å²) in [5.74, 6) is 0.774. The van der Waals surface area contributed by atoms with Gasteiger partial charge >= 0.3 is 0 Å². The Kier molecular flexibility index (Phi) is 5.04. The zero-order valence-electron chi connectivity index (χ0n) is 14.1. The van der Waals surface area contributed by atoms with Crippen molar-refractivity contribution < 1.29 is 0 Å². The normalized spacial score (nSPS) is 23.3. The molecule has 0 aromatic heterocycles. The van der Waals surface area contributed by atoms with E-state index in [0.29, 0.717) is 15.1 Å². The first-order chi connectivity index (χ1) is 12.6. The summed E-state index contributed by atoms with van der Waals surface area (Å²) in [6, 6.07) is 13.2. The molecule has 0 aliphatic carbocycles. The van der Waals surface area contributed by atoms with Gasteiger partial charge in [-0.3, -0.25) is 0 Å². The van der Waals surface area contributed by atoms with Crippen LogP contribution in [-0.4, -0.2) is 30.3 Å². The van der Waals surface area contributed by atoms with Crippen molar-refractivity contribution >= 4 is 52.7 Å². The Morgan fingerprint density at radius 3 is 2.23 bits per heavy atom. The molecule has 2 aromatic carbocycles. The largest absolute Gasteiger partial charge is 0.290 e. The average molecular weight is 409 g/mol. The molecule has 0 bridgehead atoms. The highest BCUT2D eigenvalue weighted by Crippen LogP contribution is 2.37. The summed E-state index contributed by atoms with van der Waals surface area (Å²) in [6.45, 7) is 1.87. The zero-order chi connectivity index (χ0) is 18.1. The van der Waals surface area contributed by atoms with Gasteiger partial charge in [0.1, 0.15) is 0 Å². The fourth-order valence-corrected chi connectivity index (χ4v) is 4.19. The molecule has 2 aromatic rings. The number of piperidine rings is 1. The summed E-state index contributed by atoms with van der Waals surface area (Å²) >= 11 is 18.7. The fraction of sp³-hybridized carbons (Fsp3) is 0.263. The van der Waals surface area contributed by atoms with Crippen LogP contribution in [0.25, 0.3) is 0 Å². The number of quaternary nitrogens is 1. The SMILES string of the molecule is Clc1ccc([N+]2(N3CCCCC3)N=CN=C2c2ccc(Cl)cc2Cl)cc1. The quantitative estimate of drug-likeness (QED) is 0.593. The topological polar surface area (TPSA) is 28.0 Å². The molecule has 1 saturated heterocycles. The molecular weight excluding hydrogens is 391 g/mol. The molecule has 7 heteroatoms. The van der Waals surface area contributed by atoms with Crippen LogP contribution in [0.3, 0.4) is 0 Å². The maximum absolute atomic E-state index is 6.52. The van der Waals surface area contributed by atoms with E-state index in [4.69, 9.17) is 39.9 Å². The van der Waals surface area contributed by atoms with Gasteiger partial charge in [-0.25, -0.2) is 0 Å². The summed E-state index contributed by atoms with van der Waals surface area (Å²) in [6.07, 6.45) is 5.11. The molecule has 2 aliphatic heterocycles. The molecule has 0 amide bonds. The molecule has 1 fully saturated rings. The van der Waals surface area contributed by atoms with Crippen molar-refractivity contribution in [1.82, 2.24) is 9.71 Å². The second-order valence-corrected chi connectivity index (χ2v) is 7.68. The minimum atomic E-state index is 0.179. The molecule has 26 heavy (non-hydrogen) atoms. The molecule has 1 atom stereocenters. The minimum absolute atomic E-state index is 0.179. The van der Waals surface area contributed by atoms with Crippen molar-refractivity contribution in [2.24, 2.45) is 10.1 Å². The van der Waals surface area contributed by atoms with Crippen molar-refractivity contribution in [2.45, 2.75) is 19.3 Å². The third-order valence-electron chi connectivity index (χ3n) is 4.79. The van der Waals surface area contributed by atoms with E-state index < -0.39 is 0 Å². The third-order valence-corrected chi connectivity index (χ3v) is 5.59. The van der Waals surface area contributed by atoms with E-state index in [2.05, 4.69) is 10.0 Å². The molecule has 0 saturated carbocycles. The van der Waals surface area contributed by atoms with Gasteiger partial charge in [0, 0.05) is 22.2 Å². The lowest BCUT2D eigenvalue weighted by Gasteiger charge is -2.39. The maximum atomic E-state index is 6.52. The highest BCUT2D eigenvalue weighted by molar-refractivity contribution is 6.37. The summed E-state index contributed by atoms with van der Waals surface area (Å²) in [5.41, 5.74) is 1.81. The molecular formula is C19H18Cl3N4+.